The van der Waals surface area contributed by atoms with Crippen LogP contribution in [0, 0.1) is 6.92 Å². The first-order valence-corrected chi connectivity index (χ1v) is 8.33. The van der Waals surface area contributed by atoms with Gasteiger partial charge < -0.3 is 9.64 Å². The second-order valence-corrected chi connectivity index (χ2v) is 6.13. The van der Waals surface area contributed by atoms with Crippen LogP contribution in [0.3, 0.4) is 0 Å². The first kappa shape index (κ1) is 17.7. The smallest absolute Gasteiger partial charge is 0.261 e. The molecule has 134 valence electrons. The summed E-state index contributed by atoms with van der Waals surface area (Å²) in [6.45, 7) is 2.09. The van der Waals surface area contributed by atoms with Crippen LogP contribution < -0.4 is 10.3 Å². The molecule has 0 spiro atoms. The van der Waals surface area contributed by atoms with Gasteiger partial charge in [0.25, 0.3) is 5.56 Å². The van der Waals surface area contributed by atoms with Crippen LogP contribution in [-0.2, 0) is 17.9 Å². The molecular formula is C20H21N3O3. The van der Waals surface area contributed by atoms with E-state index in [0.29, 0.717) is 23.3 Å². The number of fused-ring (bicyclic) bond motifs is 1. The number of aryl methyl sites for hydroxylation is 1. The van der Waals surface area contributed by atoms with Gasteiger partial charge in [-0.25, -0.2) is 4.98 Å². The number of hydrogen-bond acceptors (Lipinski definition) is 4. The van der Waals surface area contributed by atoms with Gasteiger partial charge in [0.1, 0.15) is 18.1 Å². The van der Waals surface area contributed by atoms with Gasteiger partial charge >= 0.3 is 0 Å². The summed E-state index contributed by atoms with van der Waals surface area (Å²) in [7, 11) is 3.31. The molecule has 0 saturated heterocycles. The minimum atomic E-state index is -0.202. The number of methoxy groups -OCH3 is 1. The van der Waals surface area contributed by atoms with E-state index in [0.717, 1.165) is 11.3 Å². The first-order chi connectivity index (χ1) is 12.5. The molecule has 0 fully saturated rings. The fraction of sp³-hybridized carbons (Fsp3) is 0.250. The van der Waals surface area contributed by atoms with Gasteiger partial charge in [-0.05, 0) is 25.1 Å². The van der Waals surface area contributed by atoms with Crippen molar-refractivity contribution in [3.8, 4) is 5.75 Å². The van der Waals surface area contributed by atoms with Crippen LogP contribution in [0.2, 0.25) is 0 Å². The Morgan fingerprint density at radius 3 is 2.62 bits per heavy atom. The Morgan fingerprint density at radius 1 is 1.15 bits per heavy atom. The van der Waals surface area contributed by atoms with Gasteiger partial charge in [0.05, 0.1) is 18.0 Å². The first-order valence-electron chi connectivity index (χ1n) is 8.33. The Morgan fingerprint density at radius 2 is 1.85 bits per heavy atom. The molecule has 2 aromatic carbocycles. The monoisotopic (exact) mass is 351 g/mol. The fourth-order valence-corrected chi connectivity index (χ4v) is 2.90. The van der Waals surface area contributed by atoms with E-state index in [-0.39, 0.29) is 18.0 Å². The summed E-state index contributed by atoms with van der Waals surface area (Å²) in [5.41, 5.74) is 1.35. The number of aromatic nitrogens is 2. The van der Waals surface area contributed by atoms with Crippen molar-refractivity contribution in [3.05, 3.63) is 70.3 Å². The van der Waals surface area contributed by atoms with Crippen LogP contribution in [0.15, 0.2) is 53.3 Å². The maximum Gasteiger partial charge on any atom is 0.261 e. The van der Waals surface area contributed by atoms with E-state index >= 15 is 0 Å². The zero-order valence-electron chi connectivity index (χ0n) is 15.1. The van der Waals surface area contributed by atoms with Crippen LogP contribution in [-0.4, -0.2) is 34.5 Å². The van der Waals surface area contributed by atoms with Crippen LogP contribution in [0.4, 0.5) is 0 Å². The Balaban J connectivity index is 1.83. The summed E-state index contributed by atoms with van der Waals surface area (Å²) in [4.78, 5) is 31.4. The number of rotatable bonds is 5. The largest absolute Gasteiger partial charge is 0.496 e. The van der Waals surface area contributed by atoms with Crippen LogP contribution in [0.25, 0.3) is 10.9 Å². The van der Waals surface area contributed by atoms with Gasteiger partial charge in [-0.15, -0.1) is 0 Å². The topological polar surface area (TPSA) is 64.4 Å². The molecule has 0 unspecified atom stereocenters. The maximum atomic E-state index is 12.7. The number of para-hydroxylation sites is 2. The van der Waals surface area contributed by atoms with Gasteiger partial charge in [-0.2, -0.15) is 0 Å². The SMILES string of the molecule is COc1ccccc1CN(C)C(=O)Cn1c(C)nc2ccccc2c1=O. The van der Waals surface area contributed by atoms with E-state index < -0.39 is 0 Å². The summed E-state index contributed by atoms with van der Waals surface area (Å²) in [6, 6.07) is 14.7. The minimum absolute atomic E-state index is 0.0475. The molecule has 1 amide bonds. The van der Waals surface area contributed by atoms with Crippen molar-refractivity contribution in [1.29, 1.82) is 0 Å². The number of hydrogen-bond donors (Lipinski definition) is 0. The Hall–Kier alpha value is -3.15. The van der Waals surface area contributed by atoms with E-state index in [1.54, 1.807) is 44.2 Å². The summed E-state index contributed by atoms with van der Waals surface area (Å²) in [5.74, 6) is 1.08. The molecule has 1 aromatic heterocycles. The molecule has 0 bridgehead atoms. The highest BCUT2D eigenvalue weighted by atomic mass is 16.5. The van der Waals surface area contributed by atoms with E-state index in [1.165, 1.54) is 4.57 Å². The molecule has 0 atom stereocenters. The molecule has 1 heterocycles. The number of likely N-dealkylation sites (N-methyl/N-ethyl adjacent to an activating group) is 1. The lowest BCUT2D eigenvalue weighted by Gasteiger charge is -2.20. The van der Waals surface area contributed by atoms with Crippen molar-refractivity contribution in [2.24, 2.45) is 0 Å². The number of benzene rings is 2. The van der Waals surface area contributed by atoms with Crippen LogP contribution in [0.1, 0.15) is 11.4 Å². The van der Waals surface area contributed by atoms with Gasteiger partial charge in [0.2, 0.25) is 5.91 Å². The fourth-order valence-electron chi connectivity index (χ4n) is 2.90. The third-order valence-electron chi connectivity index (χ3n) is 4.37. The highest BCUT2D eigenvalue weighted by Gasteiger charge is 2.16. The van der Waals surface area contributed by atoms with Gasteiger partial charge in [-0.1, -0.05) is 30.3 Å². The Labute approximate surface area is 151 Å². The second kappa shape index (κ2) is 7.39. The third-order valence-corrected chi connectivity index (χ3v) is 4.37. The molecule has 0 aliphatic rings. The van der Waals surface area contributed by atoms with Gasteiger partial charge in [0.15, 0.2) is 0 Å². The van der Waals surface area contributed by atoms with Crippen molar-refractivity contribution in [1.82, 2.24) is 14.5 Å². The zero-order valence-corrected chi connectivity index (χ0v) is 15.1. The van der Waals surface area contributed by atoms with Gasteiger partial charge in [-0.3, -0.25) is 14.2 Å². The quantitative estimate of drug-likeness (QED) is 0.708. The molecule has 6 nitrogen and oxygen atoms in total. The summed E-state index contributed by atoms with van der Waals surface area (Å²) >= 11 is 0. The molecule has 26 heavy (non-hydrogen) atoms. The molecular weight excluding hydrogens is 330 g/mol. The summed E-state index contributed by atoms with van der Waals surface area (Å²) in [6.07, 6.45) is 0. The number of carbonyl (C=O) groups is 1. The molecule has 0 aliphatic heterocycles. The highest BCUT2D eigenvalue weighted by Crippen LogP contribution is 2.19. The number of carbonyl (C=O) groups excluding carboxylic acids is 1. The average molecular weight is 351 g/mol. The van der Waals surface area contributed by atoms with Crippen molar-refractivity contribution < 1.29 is 9.53 Å². The van der Waals surface area contributed by atoms with Gasteiger partial charge in [0, 0.05) is 19.2 Å². The van der Waals surface area contributed by atoms with Crippen LogP contribution in [0.5, 0.6) is 5.75 Å². The third kappa shape index (κ3) is 3.44. The predicted molar refractivity (Wildman–Crippen MR) is 100 cm³/mol. The lowest BCUT2D eigenvalue weighted by molar-refractivity contribution is -0.131. The van der Waals surface area contributed by atoms with Crippen LogP contribution >= 0.6 is 0 Å². The normalized spacial score (nSPS) is 10.7. The highest BCUT2D eigenvalue weighted by molar-refractivity contribution is 5.79. The molecule has 3 aromatic rings. The molecule has 0 radical (unpaired) electrons. The number of amides is 1. The average Bonchev–Trinajstić information content (AvgIpc) is 2.65. The predicted octanol–water partition coefficient (Wildman–Crippen LogP) is 2.37. The second-order valence-electron chi connectivity index (χ2n) is 6.13. The number of ether oxygens (including phenoxy) is 1. The molecule has 3 rings (SSSR count). The molecule has 6 heteroatoms. The van der Waals surface area contributed by atoms with E-state index in [1.807, 2.05) is 30.3 Å². The summed E-state index contributed by atoms with van der Waals surface area (Å²) < 4.78 is 6.75. The number of nitrogens with zero attached hydrogens (tertiary/aromatic N) is 3. The summed E-state index contributed by atoms with van der Waals surface area (Å²) in [5, 5.41) is 0.512. The van der Waals surface area contributed by atoms with Crippen molar-refractivity contribution in [3.63, 3.8) is 0 Å². The van der Waals surface area contributed by atoms with Crippen molar-refractivity contribution >= 4 is 16.8 Å². The maximum absolute atomic E-state index is 12.7. The van der Waals surface area contributed by atoms with Crippen molar-refractivity contribution in [2.75, 3.05) is 14.2 Å². The Kier molecular flexibility index (Phi) is 5.02. The molecule has 0 N–H and O–H groups in total. The van der Waals surface area contributed by atoms with E-state index in [2.05, 4.69) is 4.98 Å². The standard InChI is InChI=1S/C20H21N3O3/c1-14-21-17-10-6-5-9-16(17)20(25)23(14)13-19(24)22(2)12-15-8-4-7-11-18(15)26-3/h4-11H,12-13H2,1-3H3. The van der Waals surface area contributed by atoms with E-state index in [9.17, 15) is 9.59 Å². The molecule has 0 aliphatic carbocycles. The lowest BCUT2D eigenvalue weighted by Crippen LogP contribution is -2.35. The zero-order chi connectivity index (χ0) is 18.7. The Bertz CT molecular complexity index is 1010. The lowest BCUT2D eigenvalue weighted by atomic mass is 10.2. The van der Waals surface area contributed by atoms with Crippen molar-refractivity contribution in [2.45, 2.75) is 20.0 Å². The van der Waals surface area contributed by atoms with E-state index in [4.69, 9.17) is 4.74 Å². The minimum Gasteiger partial charge on any atom is -0.496 e. The molecule has 0 saturated carbocycles.